The van der Waals surface area contributed by atoms with Crippen molar-refractivity contribution in [3.63, 3.8) is 0 Å². The molecule has 0 aliphatic rings. The summed E-state index contributed by atoms with van der Waals surface area (Å²) in [4.78, 5) is 4.23. The molecular formula is C12H22N2O4. The van der Waals surface area contributed by atoms with Gasteiger partial charge in [-0.15, -0.1) is 0 Å². The summed E-state index contributed by atoms with van der Waals surface area (Å²) in [6.07, 6.45) is -0.543. The molecule has 0 radical (unpaired) electrons. The summed E-state index contributed by atoms with van der Waals surface area (Å²) in [5.74, 6) is 1.47. The highest BCUT2D eigenvalue weighted by molar-refractivity contribution is 5.05. The average Bonchev–Trinajstić information content (AvgIpc) is 2.64. The molecule has 0 aliphatic heterocycles. The third kappa shape index (κ3) is 5.59. The van der Waals surface area contributed by atoms with Crippen LogP contribution in [0.15, 0.2) is 4.42 Å². The fraction of sp³-hybridized carbons (Fsp3) is 0.750. The minimum Gasteiger partial charge on any atom is -0.444 e. The van der Waals surface area contributed by atoms with Crippen LogP contribution in [0.4, 0.5) is 0 Å². The molecule has 0 amide bonds. The van der Waals surface area contributed by atoms with E-state index < -0.39 is 6.10 Å². The van der Waals surface area contributed by atoms with Crippen molar-refractivity contribution in [3.05, 3.63) is 17.3 Å². The van der Waals surface area contributed by atoms with Crippen molar-refractivity contribution in [2.24, 2.45) is 0 Å². The number of nitrogens with one attached hydrogen (secondary N) is 1. The van der Waals surface area contributed by atoms with Gasteiger partial charge >= 0.3 is 0 Å². The third-order valence-electron chi connectivity index (χ3n) is 2.47. The zero-order valence-electron chi connectivity index (χ0n) is 11.2. The highest BCUT2D eigenvalue weighted by atomic mass is 16.5. The Bertz CT molecular complexity index is 321. The summed E-state index contributed by atoms with van der Waals surface area (Å²) in [5.41, 5.74) is 0.898. The van der Waals surface area contributed by atoms with Crippen molar-refractivity contribution < 1.29 is 19.0 Å². The number of aromatic nitrogens is 1. The van der Waals surface area contributed by atoms with Crippen molar-refractivity contribution in [2.45, 2.75) is 26.5 Å². The lowest BCUT2D eigenvalue weighted by Crippen LogP contribution is -2.30. The molecule has 1 heterocycles. The SMILES string of the molecule is COCCOCC(O)CNCc1nc(C)c(C)o1. The molecule has 1 unspecified atom stereocenters. The summed E-state index contributed by atoms with van der Waals surface area (Å²) in [6, 6.07) is 0. The van der Waals surface area contributed by atoms with Gasteiger partial charge in [0, 0.05) is 13.7 Å². The minimum atomic E-state index is -0.543. The van der Waals surface area contributed by atoms with Gasteiger partial charge in [0.25, 0.3) is 0 Å². The molecule has 0 aromatic carbocycles. The van der Waals surface area contributed by atoms with E-state index in [0.29, 0.717) is 38.8 Å². The Labute approximate surface area is 107 Å². The van der Waals surface area contributed by atoms with Crippen molar-refractivity contribution >= 4 is 0 Å². The van der Waals surface area contributed by atoms with Crippen LogP contribution in [0.5, 0.6) is 0 Å². The summed E-state index contributed by atoms with van der Waals surface area (Å²) in [5, 5.41) is 12.7. The van der Waals surface area contributed by atoms with Gasteiger partial charge in [0.05, 0.1) is 38.2 Å². The first-order valence-electron chi connectivity index (χ1n) is 6.02. The molecule has 1 atom stereocenters. The maximum absolute atomic E-state index is 9.61. The number of oxazole rings is 1. The molecule has 0 saturated heterocycles. The van der Waals surface area contributed by atoms with E-state index in [0.717, 1.165) is 11.5 Å². The van der Waals surface area contributed by atoms with E-state index in [1.807, 2.05) is 13.8 Å². The van der Waals surface area contributed by atoms with Gasteiger partial charge in [0.2, 0.25) is 5.89 Å². The standard InChI is InChI=1S/C12H22N2O4/c1-9-10(2)18-12(14-9)7-13-6-11(15)8-17-5-4-16-3/h11,13,15H,4-8H2,1-3H3. The maximum Gasteiger partial charge on any atom is 0.208 e. The number of hydrogen-bond acceptors (Lipinski definition) is 6. The Morgan fingerprint density at radius 2 is 2.17 bits per heavy atom. The number of aliphatic hydroxyl groups excluding tert-OH is 1. The Morgan fingerprint density at radius 1 is 1.39 bits per heavy atom. The van der Waals surface area contributed by atoms with Gasteiger partial charge in [0.1, 0.15) is 5.76 Å². The van der Waals surface area contributed by atoms with Crippen molar-refractivity contribution in [3.8, 4) is 0 Å². The predicted molar refractivity (Wildman–Crippen MR) is 66.4 cm³/mol. The molecule has 0 fully saturated rings. The molecule has 1 aromatic rings. The second-order valence-corrected chi connectivity index (χ2v) is 4.10. The average molecular weight is 258 g/mol. The van der Waals surface area contributed by atoms with Crippen LogP contribution in [0.25, 0.3) is 0 Å². The van der Waals surface area contributed by atoms with Crippen LogP contribution in [-0.2, 0) is 16.0 Å². The zero-order chi connectivity index (χ0) is 13.4. The lowest BCUT2D eigenvalue weighted by atomic mass is 10.4. The molecule has 0 aliphatic carbocycles. The van der Waals surface area contributed by atoms with Crippen LogP contribution in [-0.4, -0.2) is 49.7 Å². The van der Waals surface area contributed by atoms with Crippen molar-refractivity contribution in [1.82, 2.24) is 10.3 Å². The monoisotopic (exact) mass is 258 g/mol. The molecule has 6 heteroatoms. The van der Waals surface area contributed by atoms with Crippen LogP contribution in [0.1, 0.15) is 17.3 Å². The largest absolute Gasteiger partial charge is 0.444 e. The van der Waals surface area contributed by atoms with Crippen LogP contribution < -0.4 is 5.32 Å². The molecule has 1 rings (SSSR count). The van der Waals surface area contributed by atoms with Crippen molar-refractivity contribution in [1.29, 1.82) is 0 Å². The van der Waals surface area contributed by atoms with Crippen LogP contribution in [0, 0.1) is 13.8 Å². The number of aliphatic hydroxyl groups is 1. The fourth-order valence-electron chi connectivity index (χ4n) is 1.38. The van der Waals surface area contributed by atoms with Crippen LogP contribution in [0.2, 0.25) is 0 Å². The minimum absolute atomic E-state index is 0.292. The van der Waals surface area contributed by atoms with E-state index in [1.165, 1.54) is 0 Å². The summed E-state index contributed by atoms with van der Waals surface area (Å²) in [6.45, 7) is 6.04. The van der Waals surface area contributed by atoms with Gasteiger partial charge in [0.15, 0.2) is 0 Å². The van der Waals surface area contributed by atoms with Gasteiger partial charge in [-0.3, -0.25) is 0 Å². The van der Waals surface area contributed by atoms with Crippen molar-refractivity contribution in [2.75, 3.05) is 33.5 Å². The third-order valence-corrected chi connectivity index (χ3v) is 2.47. The molecule has 2 N–H and O–H groups in total. The molecule has 6 nitrogen and oxygen atoms in total. The quantitative estimate of drug-likeness (QED) is 0.625. The van der Waals surface area contributed by atoms with E-state index in [4.69, 9.17) is 13.9 Å². The first-order chi connectivity index (χ1) is 8.63. The molecule has 0 saturated carbocycles. The molecule has 1 aromatic heterocycles. The highest BCUT2D eigenvalue weighted by Crippen LogP contribution is 2.07. The Morgan fingerprint density at radius 3 is 2.78 bits per heavy atom. The lowest BCUT2D eigenvalue weighted by Gasteiger charge is -2.11. The van der Waals surface area contributed by atoms with E-state index in [9.17, 15) is 5.11 Å². The topological polar surface area (TPSA) is 76.8 Å². The first-order valence-corrected chi connectivity index (χ1v) is 6.02. The zero-order valence-corrected chi connectivity index (χ0v) is 11.2. The number of ether oxygens (including phenoxy) is 2. The summed E-state index contributed by atoms with van der Waals surface area (Å²) >= 11 is 0. The van der Waals surface area contributed by atoms with E-state index in [-0.39, 0.29) is 0 Å². The molecule has 18 heavy (non-hydrogen) atoms. The second-order valence-electron chi connectivity index (χ2n) is 4.10. The van der Waals surface area contributed by atoms with Crippen LogP contribution in [0.3, 0.4) is 0 Å². The molecule has 0 spiro atoms. The fourth-order valence-corrected chi connectivity index (χ4v) is 1.38. The van der Waals surface area contributed by atoms with Crippen LogP contribution >= 0.6 is 0 Å². The number of nitrogens with zero attached hydrogens (tertiary/aromatic N) is 1. The highest BCUT2D eigenvalue weighted by Gasteiger charge is 2.07. The first kappa shape index (κ1) is 15.1. The normalized spacial score (nSPS) is 12.9. The smallest absolute Gasteiger partial charge is 0.208 e. The van der Waals surface area contributed by atoms with E-state index in [2.05, 4.69) is 10.3 Å². The van der Waals surface area contributed by atoms with E-state index in [1.54, 1.807) is 7.11 Å². The maximum atomic E-state index is 9.61. The number of methoxy groups -OCH3 is 1. The number of hydrogen-bond donors (Lipinski definition) is 2. The lowest BCUT2D eigenvalue weighted by molar-refractivity contribution is 0.0135. The Balaban J connectivity index is 2.09. The molecular weight excluding hydrogens is 236 g/mol. The number of aryl methyl sites for hydroxylation is 2. The summed E-state index contributed by atoms with van der Waals surface area (Å²) in [7, 11) is 1.61. The Kier molecular flexibility index (Phi) is 6.89. The molecule has 0 bridgehead atoms. The van der Waals surface area contributed by atoms with E-state index >= 15 is 0 Å². The predicted octanol–water partition coefficient (Wildman–Crippen LogP) is 0.405. The van der Waals surface area contributed by atoms with Gasteiger partial charge in [-0.1, -0.05) is 0 Å². The van der Waals surface area contributed by atoms with Gasteiger partial charge in [-0.2, -0.15) is 0 Å². The van der Waals surface area contributed by atoms with Gasteiger partial charge < -0.3 is 24.3 Å². The molecule has 104 valence electrons. The number of rotatable bonds is 9. The Hall–Kier alpha value is -0.950. The van der Waals surface area contributed by atoms with Gasteiger partial charge in [-0.25, -0.2) is 4.98 Å². The summed E-state index contributed by atoms with van der Waals surface area (Å²) < 4.78 is 15.4. The van der Waals surface area contributed by atoms with Gasteiger partial charge in [-0.05, 0) is 13.8 Å². The second kappa shape index (κ2) is 8.20.